The molecule has 2 amide bonds. The number of benzene rings is 1. The summed E-state index contributed by atoms with van der Waals surface area (Å²) in [6.45, 7) is 7.96. The molecule has 2 heterocycles. The molecule has 0 saturated carbocycles. The highest BCUT2D eigenvalue weighted by atomic mass is 16.5. The van der Waals surface area contributed by atoms with Gasteiger partial charge in [-0.25, -0.2) is 4.79 Å². The van der Waals surface area contributed by atoms with E-state index in [1.807, 2.05) is 38.1 Å². The van der Waals surface area contributed by atoms with E-state index in [0.717, 1.165) is 31.0 Å². The van der Waals surface area contributed by atoms with Crippen molar-refractivity contribution in [1.29, 1.82) is 0 Å². The van der Waals surface area contributed by atoms with Gasteiger partial charge < -0.3 is 20.1 Å². The zero-order chi connectivity index (χ0) is 17.6. The molecular formula is C19H29N3O3. The molecule has 3 unspecified atom stereocenters. The van der Waals surface area contributed by atoms with Crippen LogP contribution in [-0.4, -0.2) is 55.9 Å². The fourth-order valence-electron chi connectivity index (χ4n) is 3.59. The average molecular weight is 347 g/mol. The van der Waals surface area contributed by atoms with Crippen molar-refractivity contribution >= 4 is 6.03 Å². The van der Waals surface area contributed by atoms with Crippen molar-refractivity contribution in [2.24, 2.45) is 0 Å². The molecule has 138 valence electrons. The Morgan fingerprint density at radius 1 is 1.48 bits per heavy atom. The Morgan fingerprint density at radius 2 is 2.36 bits per heavy atom. The predicted molar refractivity (Wildman–Crippen MR) is 96.9 cm³/mol. The molecule has 2 N–H and O–H groups in total. The van der Waals surface area contributed by atoms with Gasteiger partial charge in [0.15, 0.2) is 0 Å². The number of carbonyl (C=O) groups is 1. The van der Waals surface area contributed by atoms with Gasteiger partial charge in [0.1, 0.15) is 5.75 Å². The van der Waals surface area contributed by atoms with Crippen molar-refractivity contribution < 1.29 is 14.3 Å². The largest absolute Gasteiger partial charge is 0.494 e. The number of ether oxygens (including phenoxy) is 2. The molecule has 3 atom stereocenters. The third kappa shape index (κ3) is 4.86. The molecule has 25 heavy (non-hydrogen) atoms. The second-order valence-electron chi connectivity index (χ2n) is 6.83. The van der Waals surface area contributed by atoms with Gasteiger partial charge >= 0.3 is 6.03 Å². The van der Waals surface area contributed by atoms with Crippen LogP contribution in [0.1, 0.15) is 38.3 Å². The van der Waals surface area contributed by atoms with Crippen LogP contribution in [0.4, 0.5) is 4.79 Å². The number of hydrogen-bond acceptors (Lipinski definition) is 4. The van der Waals surface area contributed by atoms with Gasteiger partial charge in [0.05, 0.1) is 25.4 Å². The molecule has 0 aromatic heterocycles. The van der Waals surface area contributed by atoms with Crippen LogP contribution in [0.5, 0.6) is 5.75 Å². The van der Waals surface area contributed by atoms with Crippen molar-refractivity contribution in [3.63, 3.8) is 0 Å². The molecule has 0 spiro atoms. The van der Waals surface area contributed by atoms with Crippen LogP contribution >= 0.6 is 0 Å². The Balaban J connectivity index is 1.43. The van der Waals surface area contributed by atoms with Gasteiger partial charge in [-0.05, 0) is 50.9 Å². The predicted octanol–water partition coefficient (Wildman–Crippen LogP) is 2.31. The van der Waals surface area contributed by atoms with Gasteiger partial charge in [0, 0.05) is 19.1 Å². The molecule has 1 aromatic rings. The third-order valence-corrected chi connectivity index (χ3v) is 4.97. The zero-order valence-corrected chi connectivity index (χ0v) is 15.2. The molecule has 0 aliphatic carbocycles. The van der Waals surface area contributed by atoms with Crippen LogP contribution in [0.3, 0.4) is 0 Å². The SMILES string of the molecule is CCOc1cccc(C(C)NC(=O)NCC2CN3CCCC3CO2)c1. The van der Waals surface area contributed by atoms with Crippen LogP contribution in [0.2, 0.25) is 0 Å². The maximum atomic E-state index is 12.2. The lowest BCUT2D eigenvalue weighted by atomic mass is 10.1. The van der Waals surface area contributed by atoms with Gasteiger partial charge in [-0.2, -0.15) is 0 Å². The van der Waals surface area contributed by atoms with E-state index >= 15 is 0 Å². The first-order valence-corrected chi connectivity index (χ1v) is 9.28. The van der Waals surface area contributed by atoms with Crippen LogP contribution < -0.4 is 15.4 Å². The highest BCUT2D eigenvalue weighted by Gasteiger charge is 2.32. The fraction of sp³-hybridized carbons (Fsp3) is 0.632. The lowest BCUT2D eigenvalue weighted by Crippen LogP contribution is -2.51. The number of urea groups is 1. The Kier molecular flexibility index (Phi) is 6.15. The van der Waals surface area contributed by atoms with E-state index in [-0.39, 0.29) is 18.2 Å². The molecular weight excluding hydrogens is 318 g/mol. The molecule has 0 radical (unpaired) electrons. The van der Waals surface area contributed by atoms with E-state index in [4.69, 9.17) is 9.47 Å². The maximum Gasteiger partial charge on any atom is 0.315 e. The monoisotopic (exact) mass is 347 g/mol. The summed E-state index contributed by atoms with van der Waals surface area (Å²) in [4.78, 5) is 14.7. The van der Waals surface area contributed by atoms with E-state index in [9.17, 15) is 4.79 Å². The second-order valence-corrected chi connectivity index (χ2v) is 6.83. The Labute approximate surface area is 149 Å². The van der Waals surface area contributed by atoms with Crippen molar-refractivity contribution in [2.45, 2.75) is 44.9 Å². The van der Waals surface area contributed by atoms with E-state index < -0.39 is 0 Å². The van der Waals surface area contributed by atoms with Crippen LogP contribution in [0.15, 0.2) is 24.3 Å². The Morgan fingerprint density at radius 3 is 3.20 bits per heavy atom. The van der Waals surface area contributed by atoms with Crippen molar-refractivity contribution in [2.75, 3.05) is 32.8 Å². The minimum absolute atomic E-state index is 0.0803. The standard InChI is InChI=1S/C19H29N3O3/c1-3-24-17-8-4-6-15(10-17)14(2)21-19(23)20-11-18-12-22-9-5-7-16(22)13-25-18/h4,6,8,10,14,16,18H,3,5,7,9,11-13H2,1-2H3,(H2,20,21,23). The van der Waals surface area contributed by atoms with E-state index in [0.29, 0.717) is 19.2 Å². The smallest absolute Gasteiger partial charge is 0.315 e. The lowest BCUT2D eigenvalue weighted by Gasteiger charge is -2.35. The van der Waals surface area contributed by atoms with Gasteiger partial charge in [0.25, 0.3) is 0 Å². The molecule has 3 rings (SSSR count). The van der Waals surface area contributed by atoms with Crippen LogP contribution in [-0.2, 0) is 4.74 Å². The van der Waals surface area contributed by atoms with Crippen molar-refractivity contribution in [3.05, 3.63) is 29.8 Å². The summed E-state index contributed by atoms with van der Waals surface area (Å²) in [5, 5.41) is 5.92. The van der Waals surface area contributed by atoms with Crippen molar-refractivity contribution in [3.8, 4) is 5.75 Å². The minimum atomic E-state index is -0.165. The number of morpholine rings is 1. The quantitative estimate of drug-likeness (QED) is 0.829. The Hall–Kier alpha value is -1.79. The van der Waals surface area contributed by atoms with E-state index in [1.165, 1.54) is 12.8 Å². The Bertz CT molecular complexity index is 581. The average Bonchev–Trinajstić information content (AvgIpc) is 3.08. The van der Waals surface area contributed by atoms with Gasteiger partial charge in [-0.3, -0.25) is 4.90 Å². The summed E-state index contributed by atoms with van der Waals surface area (Å²) in [6.07, 6.45) is 2.57. The summed E-state index contributed by atoms with van der Waals surface area (Å²) in [5.41, 5.74) is 1.02. The second kappa shape index (κ2) is 8.54. The van der Waals surface area contributed by atoms with Crippen LogP contribution in [0.25, 0.3) is 0 Å². The molecule has 2 aliphatic rings. The zero-order valence-electron chi connectivity index (χ0n) is 15.2. The number of hydrogen-bond donors (Lipinski definition) is 2. The summed E-state index contributed by atoms with van der Waals surface area (Å²) < 4.78 is 11.4. The summed E-state index contributed by atoms with van der Waals surface area (Å²) >= 11 is 0. The lowest BCUT2D eigenvalue weighted by molar-refractivity contribution is -0.0458. The highest BCUT2D eigenvalue weighted by molar-refractivity contribution is 5.74. The normalized spacial score (nSPS) is 24.4. The maximum absolute atomic E-state index is 12.2. The highest BCUT2D eigenvalue weighted by Crippen LogP contribution is 2.22. The molecule has 1 aromatic carbocycles. The summed E-state index contributed by atoms with van der Waals surface area (Å²) in [5.74, 6) is 0.824. The molecule has 2 aliphatic heterocycles. The van der Waals surface area contributed by atoms with Gasteiger partial charge in [-0.1, -0.05) is 12.1 Å². The van der Waals surface area contributed by atoms with Crippen LogP contribution in [0, 0.1) is 0 Å². The number of amides is 2. The number of carbonyl (C=O) groups excluding carboxylic acids is 1. The first-order chi connectivity index (χ1) is 12.2. The first kappa shape index (κ1) is 18.0. The van der Waals surface area contributed by atoms with E-state index in [1.54, 1.807) is 0 Å². The number of nitrogens with zero attached hydrogens (tertiary/aromatic N) is 1. The number of rotatable bonds is 6. The first-order valence-electron chi connectivity index (χ1n) is 9.28. The summed E-state index contributed by atoms with van der Waals surface area (Å²) in [6, 6.07) is 8.15. The summed E-state index contributed by atoms with van der Waals surface area (Å²) in [7, 11) is 0. The van der Waals surface area contributed by atoms with Gasteiger partial charge in [0.2, 0.25) is 0 Å². The minimum Gasteiger partial charge on any atom is -0.494 e. The molecule has 2 fully saturated rings. The van der Waals surface area contributed by atoms with E-state index in [2.05, 4.69) is 15.5 Å². The molecule has 6 nitrogen and oxygen atoms in total. The molecule has 2 saturated heterocycles. The molecule has 0 bridgehead atoms. The molecule has 6 heteroatoms. The fourth-order valence-corrected chi connectivity index (χ4v) is 3.59. The topological polar surface area (TPSA) is 62.8 Å². The van der Waals surface area contributed by atoms with Gasteiger partial charge in [-0.15, -0.1) is 0 Å². The third-order valence-electron chi connectivity index (χ3n) is 4.97. The van der Waals surface area contributed by atoms with Crippen molar-refractivity contribution in [1.82, 2.24) is 15.5 Å². The number of nitrogens with one attached hydrogen (secondary N) is 2. The number of fused-ring (bicyclic) bond motifs is 1.